The lowest BCUT2D eigenvalue weighted by molar-refractivity contribution is 0.0502. The van der Waals surface area contributed by atoms with Crippen LogP contribution in [0.2, 0.25) is 0 Å². The minimum absolute atomic E-state index is 0.221. The molecule has 1 aromatic rings. The molecule has 0 saturated heterocycles. The van der Waals surface area contributed by atoms with Crippen LogP contribution >= 0.6 is 22.6 Å². The van der Waals surface area contributed by atoms with Crippen LogP contribution in [0.4, 0.5) is 0 Å². The third-order valence-corrected chi connectivity index (χ3v) is 2.93. The van der Waals surface area contributed by atoms with Crippen molar-refractivity contribution in [2.45, 2.75) is 13.0 Å². The van der Waals surface area contributed by atoms with Gasteiger partial charge in [0.15, 0.2) is 6.79 Å². The average molecular weight is 308 g/mol. The van der Waals surface area contributed by atoms with Gasteiger partial charge in [-0.2, -0.15) is 0 Å². The summed E-state index contributed by atoms with van der Waals surface area (Å²) in [6.45, 7) is 1.96. The van der Waals surface area contributed by atoms with Gasteiger partial charge in [-0.15, -0.1) is 0 Å². The maximum absolute atomic E-state index is 9.46. The van der Waals surface area contributed by atoms with Gasteiger partial charge in [0.05, 0.1) is 9.67 Å². The third kappa shape index (κ3) is 2.83. The van der Waals surface area contributed by atoms with Crippen LogP contribution in [0.5, 0.6) is 5.75 Å². The summed E-state index contributed by atoms with van der Waals surface area (Å²) >= 11 is 2.16. The smallest absolute Gasteiger partial charge is 0.188 e. The summed E-state index contributed by atoms with van der Waals surface area (Å²) in [7, 11) is 1.57. The number of benzene rings is 1. The van der Waals surface area contributed by atoms with E-state index in [1.807, 2.05) is 18.2 Å². The Morgan fingerprint density at radius 2 is 2.21 bits per heavy atom. The van der Waals surface area contributed by atoms with E-state index in [1.54, 1.807) is 14.0 Å². The molecule has 0 radical (unpaired) electrons. The highest BCUT2D eigenvalue weighted by atomic mass is 127. The van der Waals surface area contributed by atoms with Crippen molar-refractivity contribution in [2.24, 2.45) is 0 Å². The normalized spacial score (nSPS) is 12.6. The number of hydrogen-bond donors (Lipinski definition) is 1. The second-order valence-corrected chi connectivity index (χ2v) is 3.96. The first-order chi connectivity index (χ1) is 6.66. The van der Waals surface area contributed by atoms with Crippen molar-refractivity contribution in [3.63, 3.8) is 0 Å². The highest BCUT2D eigenvalue weighted by Gasteiger charge is 2.10. The van der Waals surface area contributed by atoms with Crippen LogP contribution in [-0.4, -0.2) is 19.0 Å². The molecule has 0 aliphatic rings. The van der Waals surface area contributed by atoms with Crippen molar-refractivity contribution < 1.29 is 14.6 Å². The molecule has 1 aromatic carbocycles. The van der Waals surface area contributed by atoms with Gasteiger partial charge in [-0.1, -0.05) is 12.1 Å². The van der Waals surface area contributed by atoms with Crippen LogP contribution in [0, 0.1) is 3.57 Å². The first-order valence-corrected chi connectivity index (χ1v) is 5.33. The zero-order valence-electron chi connectivity index (χ0n) is 8.16. The molecule has 0 saturated carbocycles. The number of hydrogen-bond acceptors (Lipinski definition) is 3. The molecule has 0 unspecified atom stereocenters. The van der Waals surface area contributed by atoms with Crippen molar-refractivity contribution in [2.75, 3.05) is 13.9 Å². The van der Waals surface area contributed by atoms with E-state index in [1.165, 1.54) is 0 Å². The van der Waals surface area contributed by atoms with Crippen molar-refractivity contribution >= 4 is 22.6 Å². The molecule has 14 heavy (non-hydrogen) atoms. The quantitative estimate of drug-likeness (QED) is 0.685. The Balaban J connectivity index is 2.89. The Hall–Kier alpha value is -0.330. The largest absolute Gasteiger partial charge is 0.466 e. The maximum atomic E-state index is 9.46. The lowest BCUT2D eigenvalue weighted by atomic mass is 10.1. The Morgan fingerprint density at radius 3 is 2.79 bits per heavy atom. The zero-order chi connectivity index (χ0) is 10.6. The van der Waals surface area contributed by atoms with Crippen LogP contribution in [0.1, 0.15) is 18.6 Å². The Kier molecular flexibility index (Phi) is 4.64. The van der Waals surface area contributed by atoms with Gasteiger partial charge in [-0.05, 0) is 41.1 Å². The van der Waals surface area contributed by atoms with Crippen molar-refractivity contribution in [1.29, 1.82) is 0 Å². The van der Waals surface area contributed by atoms with Crippen LogP contribution in [0.15, 0.2) is 18.2 Å². The topological polar surface area (TPSA) is 38.7 Å². The van der Waals surface area contributed by atoms with E-state index in [4.69, 9.17) is 9.47 Å². The zero-order valence-corrected chi connectivity index (χ0v) is 10.3. The van der Waals surface area contributed by atoms with E-state index in [9.17, 15) is 5.11 Å². The van der Waals surface area contributed by atoms with Crippen LogP contribution < -0.4 is 4.74 Å². The van der Waals surface area contributed by atoms with Gasteiger partial charge in [0.2, 0.25) is 0 Å². The molecule has 0 aliphatic heterocycles. The second-order valence-electron chi connectivity index (χ2n) is 2.89. The molecule has 0 amide bonds. The molecule has 0 aromatic heterocycles. The molecular weight excluding hydrogens is 295 g/mol. The molecular formula is C10H13IO3. The summed E-state index contributed by atoms with van der Waals surface area (Å²) in [4.78, 5) is 0. The summed E-state index contributed by atoms with van der Waals surface area (Å²) in [5.41, 5.74) is 0.874. The van der Waals surface area contributed by atoms with E-state index in [2.05, 4.69) is 22.6 Å². The molecule has 1 rings (SSSR count). The Morgan fingerprint density at radius 1 is 1.50 bits per heavy atom. The van der Waals surface area contributed by atoms with Gasteiger partial charge in [0, 0.05) is 7.11 Å². The van der Waals surface area contributed by atoms with Crippen LogP contribution in [0.25, 0.3) is 0 Å². The minimum Gasteiger partial charge on any atom is -0.466 e. The van der Waals surface area contributed by atoms with Crippen LogP contribution in [-0.2, 0) is 4.74 Å². The van der Waals surface area contributed by atoms with E-state index in [0.717, 1.165) is 14.9 Å². The SMILES string of the molecule is COCOc1cccc([C@H](C)O)c1I. The van der Waals surface area contributed by atoms with Gasteiger partial charge < -0.3 is 14.6 Å². The van der Waals surface area contributed by atoms with E-state index < -0.39 is 6.10 Å². The van der Waals surface area contributed by atoms with Gasteiger partial charge >= 0.3 is 0 Å². The molecule has 0 heterocycles. The predicted molar refractivity (Wildman–Crippen MR) is 62.3 cm³/mol. The molecule has 4 heteroatoms. The maximum Gasteiger partial charge on any atom is 0.188 e. The first kappa shape index (κ1) is 11.7. The predicted octanol–water partition coefficient (Wildman–Crippen LogP) is 2.33. The summed E-state index contributed by atoms with van der Waals surface area (Å²) in [5, 5.41) is 9.46. The van der Waals surface area contributed by atoms with Gasteiger partial charge in [0.25, 0.3) is 0 Å². The summed E-state index contributed by atoms with van der Waals surface area (Å²) < 4.78 is 11.1. The summed E-state index contributed by atoms with van der Waals surface area (Å²) in [5.74, 6) is 0.742. The molecule has 78 valence electrons. The van der Waals surface area contributed by atoms with Crippen molar-refractivity contribution in [3.05, 3.63) is 27.3 Å². The third-order valence-electron chi connectivity index (χ3n) is 1.78. The molecule has 0 aliphatic carbocycles. The molecule has 1 atom stereocenters. The highest BCUT2D eigenvalue weighted by Crippen LogP contribution is 2.28. The molecule has 0 bridgehead atoms. The molecule has 0 fully saturated rings. The monoisotopic (exact) mass is 308 g/mol. The minimum atomic E-state index is -0.479. The van der Waals surface area contributed by atoms with Gasteiger partial charge in [0.1, 0.15) is 5.75 Å². The first-order valence-electron chi connectivity index (χ1n) is 4.25. The Bertz CT molecular complexity index is 299. The average Bonchev–Trinajstić information content (AvgIpc) is 2.16. The summed E-state index contributed by atoms with van der Waals surface area (Å²) in [6, 6.07) is 5.59. The van der Waals surface area contributed by atoms with Gasteiger partial charge in [-0.3, -0.25) is 0 Å². The van der Waals surface area contributed by atoms with Gasteiger partial charge in [-0.25, -0.2) is 0 Å². The number of ether oxygens (including phenoxy) is 2. The lowest BCUT2D eigenvalue weighted by Gasteiger charge is -2.12. The number of aliphatic hydroxyl groups is 1. The fraction of sp³-hybridized carbons (Fsp3) is 0.400. The Labute approximate surface area is 97.2 Å². The lowest BCUT2D eigenvalue weighted by Crippen LogP contribution is -2.03. The summed E-state index contributed by atoms with van der Waals surface area (Å²) in [6.07, 6.45) is -0.479. The van der Waals surface area contributed by atoms with Crippen molar-refractivity contribution in [1.82, 2.24) is 0 Å². The fourth-order valence-corrected chi connectivity index (χ4v) is 2.05. The van der Waals surface area contributed by atoms with E-state index in [0.29, 0.717) is 0 Å². The fourth-order valence-electron chi connectivity index (χ4n) is 1.08. The van der Waals surface area contributed by atoms with E-state index >= 15 is 0 Å². The molecule has 0 spiro atoms. The number of methoxy groups -OCH3 is 1. The van der Waals surface area contributed by atoms with Crippen LogP contribution in [0.3, 0.4) is 0 Å². The number of rotatable bonds is 4. The number of aliphatic hydroxyl groups excluding tert-OH is 1. The molecule has 1 N–H and O–H groups in total. The van der Waals surface area contributed by atoms with E-state index in [-0.39, 0.29) is 6.79 Å². The standard InChI is InChI=1S/C10H13IO3/c1-7(12)8-4-3-5-9(10(8)11)14-6-13-2/h3-5,7,12H,6H2,1-2H3/t7-/m0/s1. The second kappa shape index (κ2) is 5.53. The van der Waals surface area contributed by atoms with Crippen molar-refractivity contribution in [3.8, 4) is 5.75 Å². The highest BCUT2D eigenvalue weighted by molar-refractivity contribution is 14.1. The number of halogens is 1. The molecule has 3 nitrogen and oxygen atoms in total.